The lowest BCUT2D eigenvalue weighted by Crippen LogP contribution is -2.24. The van der Waals surface area contributed by atoms with Gasteiger partial charge >= 0.3 is 0 Å². The van der Waals surface area contributed by atoms with E-state index in [-0.39, 0.29) is 11.7 Å². The number of benzene rings is 2. The van der Waals surface area contributed by atoms with Crippen LogP contribution in [-0.2, 0) is 6.42 Å². The molecular weight excluding hydrogens is 264 g/mol. The highest BCUT2D eigenvalue weighted by Gasteiger charge is 2.18. The molecule has 2 aromatic rings. The average molecular weight is 282 g/mol. The number of fused-ring (bicyclic) bond motifs is 1. The zero-order chi connectivity index (χ0) is 14.8. The van der Waals surface area contributed by atoms with Crippen molar-refractivity contribution in [1.29, 1.82) is 0 Å². The average Bonchev–Trinajstić information content (AvgIpc) is 2.48. The number of carbonyl (C=O) groups excluding carboxylic acids is 1. The Morgan fingerprint density at radius 1 is 1.29 bits per heavy atom. The molecule has 0 saturated heterocycles. The molecule has 108 valence electrons. The van der Waals surface area contributed by atoms with Crippen LogP contribution in [0.1, 0.15) is 29.3 Å². The number of hydrogen-bond donors (Lipinski definition) is 3. The predicted octanol–water partition coefficient (Wildman–Crippen LogP) is 3.39. The van der Waals surface area contributed by atoms with Crippen LogP contribution < -0.4 is 10.6 Å². The highest BCUT2D eigenvalue weighted by Crippen LogP contribution is 2.32. The van der Waals surface area contributed by atoms with Crippen molar-refractivity contribution in [1.82, 2.24) is 0 Å². The molecule has 0 bridgehead atoms. The summed E-state index contributed by atoms with van der Waals surface area (Å²) in [6.45, 7) is 2.14. The zero-order valence-corrected chi connectivity index (χ0v) is 11.9. The summed E-state index contributed by atoms with van der Waals surface area (Å²) >= 11 is 0. The number of phenolic OH excluding ortho intramolecular Hbond substituents is 1. The first-order valence-corrected chi connectivity index (χ1v) is 7.12. The van der Waals surface area contributed by atoms with E-state index in [0.29, 0.717) is 11.6 Å². The van der Waals surface area contributed by atoms with Crippen LogP contribution >= 0.6 is 0 Å². The number of aromatic hydroxyl groups is 1. The van der Waals surface area contributed by atoms with E-state index in [1.807, 2.05) is 12.1 Å². The van der Waals surface area contributed by atoms with E-state index in [0.717, 1.165) is 24.2 Å². The molecule has 0 spiro atoms. The van der Waals surface area contributed by atoms with Gasteiger partial charge in [-0.3, -0.25) is 4.79 Å². The third kappa shape index (κ3) is 2.84. The monoisotopic (exact) mass is 282 g/mol. The maximum absolute atomic E-state index is 12.3. The molecular formula is C17H18N2O2. The van der Waals surface area contributed by atoms with Crippen molar-refractivity contribution in [3.05, 3.63) is 53.6 Å². The van der Waals surface area contributed by atoms with Crippen LogP contribution in [0.5, 0.6) is 5.75 Å². The normalized spacial score (nSPS) is 16.7. The van der Waals surface area contributed by atoms with E-state index < -0.39 is 0 Å². The third-order valence-electron chi connectivity index (χ3n) is 3.74. The summed E-state index contributed by atoms with van der Waals surface area (Å²) in [7, 11) is 0. The molecule has 1 aliphatic rings. The van der Waals surface area contributed by atoms with Gasteiger partial charge in [-0.25, -0.2) is 0 Å². The van der Waals surface area contributed by atoms with Gasteiger partial charge in [0.05, 0.1) is 11.4 Å². The highest BCUT2D eigenvalue weighted by atomic mass is 16.3. The number of aryl methyl sites for hydroxylation is 1. The fourth-order valence-electron chi connectivity index (χ4n) is 2.62. The number of nitrogens with one attached hydrogen (secondary N) is 2. The second kappa shape index (κ2) is 5.48. The van der Waals surface area contributed by atoms with Crippen LogP contribution in [-0.4, -0.2) is 17.1 Å². The van der Waals surface area contributed by atoms with Crippen molar-refractivity contribution in [2.75, 3.05) is 10.6 Å². The van der Waals surface area contributed by atoms with Crippen LogP contribution in [0, 0.1) is 0 Å². The molecule has 0 aromatic heterocycles. The molecule has 2 aromatic carbocycles. The summed E-state index contributed by atoms with van der Waals surface area (Å²) in [4.78, 5) is 12.3. The van der Waals surface area contributed by atoms with E-state index in [4.69, 9.17) is 0 Å². The maximum atomic E-state index is 12.3. The van der Waals surface area contributed by atoms with E-state index >= 15 is 0 Å². The molecule has 4 heteroatoms. The molecule has 0 aliphatic carbocycles. The second-order valence-corrected chi connectivity index (χ2v) is 5.43. The maximum Gasteiger partial charge on any atom is 0.255 e. The fourth-order valence-corrected chi connectivity index (χ4v) is 2.62. The van der Waals surface area contributed by atoms with Gasteiger partial charge in [0.25, 0.3) is 5.91 Å². The first-order chi connectivity index (χ1) is 10.1. The first-order valence-electron chi connectivity index (χ1n) is 7.12. The summed E-state index contributed by atoms with van der Waals surface area (Å²) in [5, 5.41) is 15.8. The summed E-state index contributed by atoms with van der Waals surface area (Å²) in [6, 6.07) is 12.7. The molecule has 3 N–H and O–H groups in total. The van der Waals surface area contributed by atoms with E-state index in [1.165, 1.54) is 11.6 Å². The summed E-state index contributed by atoms with van der Waals surface area (Å²) in [5.41, 5.74) is 3.45. The Morgan fingerprint density at radius 2 is 2.10 bits per heavy atom. The summed E-state index contributed by atoms with van der Waals surface area (Å²) in [5.74, 6) is -0.135. The van der Waals surface area contributed by atoms with Gasteiger partial charge in [-0.15, -0.1) is 0 Å². The molecule has 1 unspecified atom stereocenters. The van der Waals surface area contributed by atoms with E-state index in [9.17, 15) is 9.90 Å². The van der Waals surface area contributed by atoms with Gasteiger partial charge in [0.1, 0.15) is 5.75 Å². The predicted molar refractivity (Wildman–Crippen MR) is 83.9 cm³/mol. The Hall–Kier alpha value is -2.49. The molecule has 1 atom stereocenters. The van der Waals surface area contributed by atoms with Crippen molar-refractivity contribution in [2.45, 2.75) is 25.8 Å². The van der Waals surface area contributed by atoms with Crippen molar-refractivity contribution >= 4 is 17.3 Å². The topological polar surface area (TPSA) is 61.4 Å². The first kappa shape index (κ1) is 13.5. The molecule has 4 nitrogen and oxygen atoms in total. The van der Waals surface area contributed by atoms with E-state index in [2.05, 4.69) is 23.6 Å². The van der Waals surface area contributed by atoms with Crippen molar-refractivity contribution in [3.8, 4) is 5.75 Å². The third-order valence-corrected chi connectivity index (χ3v) is 3.74. The lowest BCUT2D eigenvalue weighted by Gasteiger charge is -2.26. The Balaban J connectivity index is 1.87. The smallest absolute Gasteiger partial charge is 0.255 e. The summed E-state index contributed by atoms with van der Waals surface area (Å²) < 4.78 is 0. The quantitative estimate of drug-likeness (QED) is 0.791. The van der Waals surface area contributed by atoms with Crippen LogP contribution in [0.3, 0.4) is 0 Å². The number of para-hydroxylation sites is 1. The molecule has 1 aliphatic heterocycles. The Morgan fingerprint density at radius 3 is 2.90 bits per heavy atom. The Kier molecular flexibility index (Phi) is 3.52. The second-order valence-electron chi connectivity index (χ2n) is 5.43. The van der Waals surface area contributed by atoms with Crippen LogP contribution in [0.4, 0.5) is 11.4 Å². The van der Waals surface area contributed by atoms with Crippen LogP contribution in [0.2, 0.25) is 0 Å². The van der Waals surface area contributed by atoms with Gasteiger partial charge in [0.15, 0.2) is 0 Å². The zero-order valence-electron chi connectivity index (χ0n) is 11.9. The van der Waals surface area contributed by atoms with Gasteiger partial charge < -0.3 is 15.7 Å². The van der Waals surface area contributed by atoms with Crippen molar-refractivity contribution < 1.29 is 9.90 Å². The Labute approximate surface area is 123 Å². The standard InChI is InChI=1S/C17H18N2O2/c1-11-8-9-12-4-3-7-15(16(12)18-11)19-17(21)13-5-2-6-14(20)10-13/h2-7,10-11,18,20H,8-9H2,1H3,(H,19,21). The van der Waals surface area contributed by atoms with Crippen molar-refractivity contribution in [3.63, 3.8) is 0 Å². The molecule has 0 fully saturated rings. The number of carbonyl (C=O) groups is 1. The highest BCUT2D eigenvalue weighted by molar-refractivity contribution is 6.06. The van der Waals surface area contributed by atoms with Crippen molar-refractivity contribution in [2.24, 2.45) is 0 Å². The lowest BCUT2D eigenvalue weighted by molar-refractivity contribution is 0.102. The van der Waals surface area contributed by atoms with Gasteiger partial charge in [-0.05, 0) is 49.6 Å². The van der Waals surface area contributed by atoms with Gasteiger partial charge in [0.2, 0.25) is 0 Å². The molecule has 3 rings (SSSR count). The van der Waals surface area contributed by atoms with Gasteiger partial charge in [-0.2, -0.15) is 0 Å². The fraction of sp³-hybridized carbons (Fsp3) is 0.235. The molecule has 21 heavy (non-hydrogen) atoms. The number of hydrogen-bond acceptors (Lipinski definition) is 3. The minimum atomic E-state index is -0.223. The van der Waals surface area contributed by atoms with Gasteiger partial charge in [-0.1, -0.05) is 18.2 Å². The molecule has 1 amide bonds. The van der Waals surface area contributed by atoms with Crippen LogP contribution in [0.25, 0.3) is 0 Å². The minimum absolute atomic E-state index is 0.0875. The number of phenols is 1. The number of amides is 1. The van der Waals surface area contributed by atoms with E-state index in [1.54, 1.807) is 18.2 Å². The number of anilines is 2. The molecule has 1 heterocycles. The Bertz CT molecular complexity index is 682. The van der Waals surface area contributed by atoms with Gasteiger partial charge in [0, 0.05) is 11.6 Å². The minimum Gasteiger partial charge on any atom is -0.508 e. The molecule has 0 saturated carbocycles. The largest absolute Gasteiger partial charge is 0.508 e. The number of rotatable bonds is 2. The molecule has 0 radical (unpaired) electrons. The lowest BCUT2D eigenvalue weighted by atomic mass is 9.98. The van der Waals surface area contributed by atoms with Crippen LogP contribution in [0.15, 0.2) is 42.5 Å². The SMILES string of the molecule is CC1CCc2cccc(NC(=O)c3cccc(O)c3)c2N1. The summed E-state index contributed by atoms with van der Waals surface area (Å²) in [6.07, 6.45) is 2.11.